The Bertz CT molecular complexity index is 404. The van der Waals surface area contributed by atoms with Crippen molar-refractivity contribution in [3.8, 4) is 0 Å². The van der Waals surface area contributed by atoms with E-state index >= 15 is 0 Å². The third kappa shape index (κ3) is 2.40. The molecule has 0 saturated carbocycles. The highest BCUT2D eigenvalue weighted by Crippen LogP contribution is 2.19. The predicted octanol–water partition coefficient (Wildman–Crippen LogP) is 0.606. The number of halogens is 1. The lowest BCUT2D eigenvalue weighted by molar-refractivity contribution is -0.135. The molecule has 6 nitrogen and oxygen atoms in total. The first kappa shape index (κ1) is 11.4. The number of carbonyl (C=O) groups excluding carboxylic acids is 1. The van der Waals surface area contributed by atoms with E-state index in [9.17, 15) is 9.18 Å². The van der Waals surface area contributed by atoms with Gasteiger partial charge in [-0.3, -0.25) is 0 Å². The van der Waals surface area contributed by atoms with Gasteiger partial charge in [-0.15, -0.1) is 0 Å². The summed E-state index contributed by atoms with van der Waals surface area (Å²) in [4.78, 5) is 14.7. The van der Waals surface area contributed by atoms with Gasteiger partial charge in [0.05, 0.1) is 6.61 Å². The number of ether oxygens (including phenoxy) is 1. The molecular formula is C7H8FN3O3S. The Morgan fingerprint density at radius 2 is 2.47 bits per heavy atom. The Morgan fingerprint density at radius 1 is 1.80 bits per heavy atom. The summed E-state index contributed by atoms with van der Waals surface area (Å²) in [6.45, 7) is 1.65. The molecule has 0 atom stereocenters. The molecule has 0 aliphatic carbocycles. The molecule has 0 radical (unpaired) electrons. The second-order valence-electron chi connectivity index (χ2n) is 2.34. The molecule has 3 N–H and O–H groups in total. The fourth-order valence-corrected chi connectivity index (χ4v) is 1.41. The van der Waals surface area contributed by atoms with Crippen molar-refractivity contribution in [1.29, 1.82) is 0 Å². The van der Waals surface area contributed by atoms with Crippen LogP contribution in [0.25, 0.3) is 0 Å². The number of hydrogen-bond acceptors (Lipinski definition) is 7. The van der Waals surface area contributed by atoms with Crippen LogP contribution in [0.1, 0.15) is 12.6 Å². The Hall–Kier alpha value is -1.70. The van der Waals surface area contributed by atoms with Crippen LogP contribution in [0.4, 0.5) is 9.52 Å². The molecular weight excluding hydrogens is 225 g/mol. The van der Waals surface area contributed by atoms with Gasteiger partial charge in [0.15, 0.2) is 5.13 Å². The van der Waals surface area contributed by atoms with Crippen LogP contribution in [-0.4, -0.2) is 28.5 Å². The number of nitrogens with two attached hydrogens (primary N) is 1. The average molecular weight is 233 g/mol. The number of rotatable bonds is 3. The quantitative estimate of drug-likeness (QED) is 0.345. The van der Waals surface area contributed by atoms with Gasteiger partial charge in [0.1, 0.15) is 5.69 Å². The maximum Gasteiger partial charge on any atom is 0.362 e. The summed E-state index contributed by atoms with van der Waals surface area (Å²) in [6, 6.07) is 0. The van der Waals surface area contributed by atoms with Gasteiger partial charge >= 0.3 is 5.97 Å². The molecule has 0 bridgehead atoms. The molecule has 1 heterocycles. The van der Waals surface area contributed by atoms with Crippen molar-refractivity contribution in [2.75, 3.05) is 12.3 Å². The molecule has 0 fully saturated rings. The highest BCUT2D eigenvalue weighted by molar-refractivity contribution is 7.14. The minimum absolute atomic E-state index is 0.0621. The zero-order chi connectivity index (χ0) is 11.4. The van der Waals surface area contributed by atoms with Crippen molar-refractivity contribution in [2.45, 2.75) is 6.92 Å². The molecule has 1 aromatic rings. The van der Waals surface area contributed by atoms with Crippen LogP contribution >= 0.6 is 11.3 Å². The van der Waals surface area contributed by atoms with Gasteiger partial charge in [0.2, 0.25) is 10.8 Å². The second-order valence-corrected chi connectivity index (χ2v) is 3.32. The molecule has 8 heteroatoms. The van der Waals surface area contributed by atoms with Crippen molar-refractivity contribution in [3.63, 3.8) is 0 Å². The van der Waals surface area contributed by atoms with Crippen molar-refractivity contribution in [2.24, 2.45) is 5.16 Å². The van der Waals surface area contributed by atoms with Crippen LogP contribution < -0.4 is 5.73 Å². The maximum atomic E-state index is 13.1. The first-order valence-electron chi connectivity index (χ1n) is 3.91. The van der Waals surface area contributed by atoms with Gasteiger partial charge in [-0.05, 0) is 6.92 Å². The molecule has 0 aliphatic heterocycles. The van der Waals surface area contributed by atoms with Gasteiger partial charge in [-0.25, -0.2) is 9.78 Å². The Morgan fingerprint density at radius 3 is 2.87 bits per heavy atom. The predicted molar refractivity (Wildman–Crippen MR) is 51.4 cm³/mol. The normalized spacial score (nSPS) is 11.5. The van der Waals surface area contributed by atoms with Crippen LogP contribution in [0.3, 0.4) is 0 Å². The van der Waals surface area contributed by atoms with Crippen LogP contribution in [0.15, 0.2) is 5.16 Å². The van der Waals surface area contributed by atoms with Gasteiger partial charge in [0, 0.05) is 0 Å². The topological polar surface area (TPSA) is 97.8 Å². The van der Waals surface area contributed by atoms with Crippen LogP contribution in [0.2, 0.25) is 0 Å². The maximum absolute atomic E-state index is 13.1. The summed E-state index contributed by atoms with van der Waals surface area (Å²) in [5.41, 5.74) is 4.23. The monoisotopic (exact) mass is 233 g/mol. The van der Waals surface area contributed by atoms with Crippen molar-refractivity contribution in [3.05, 3.63) is 10.8 Å². The number of nitrogens with zero attached hydrogens (tertiary/aromatic N) is 2. The number of esters is 1. The van der Waals surface area contributed by atoms with Gasteiger partial charge in [-0.2, -0.15) is 4.39 Å². The molecule has 82 valence electrons. The lowest BCUT2D eigenvalue weighted by atomic mass is 10.3. The number of carbonyl (C=O) groups is 1. The number of oxime groups is 1. The molecule has 0 aliphatic rings. The number of thiazole rings is 1. The number of hydrogen-bond donors (Lipinski definition) is 2. The Balaban J connectivity index is 3.03. The van der Waals surface area contributed by atoms with E-state index in [1.165, 1.54) is 0 Å². The second kappa shape index (κ2) is 4.69. The minimum Gasteiger partial charge on any atom is -0.461 e. The number of anilines is 1. The summed E-state index contributed by atoms with van der Waals surface area (Å²) in [6.07, 6.45) is 0. The standard InChI is InChI=1S/C7H8FN3O3S/c1-2-14-6(12)4(11-13)3-5(8)15-7(9)10-3/h13H,2H2,1H3,(H2,9,10)/b11-4-. The summed E-state index contributed by atoms with van der Waals surface area (Å²) in [5.74, 6) is -0.954. The third-order valence-electron chi connectivity index (χ3n) is 1.40. The van der Waals surface area contributed by atoms with E-state index in [-0.39, 0.29) is 11.7 Å². The molecule has 1 rings (SSSR count). The van der Waals surface area contributed by atoms with Gasteiger partial charge < -0.3 is 15.7 Å². The molecule has 0 aromatic carbocycles. The summed E-state index contributed by atoms with van der Waals surface area (Å²) < 4.78 is 17.7. The van der Waals surface area contributed by atoms with E-state index in [1.807, 2.05) is 0 Å². The minimum atomic E-state index is -0.954. The van der Waals surface area contributed by atoms with E-state index in [4.69, 9.17) is 10.9 Å². The summed E-state index contributed by atoms with van der Waals surface area (Å²) in [5, 5.41) is 10.3. The third-order valence-corrected chi connectivity index (χ3v) is 2.07. The number of aromatic nitrogens is 1. The van der Waals surface area contributed by atoms with Crippen molar-refractivity contribution >= 4 is 28.1 Å². The fraction of sp³-hybridized carbons (Fsp3) is 0.286. The lowest BCUT2D eigenvalue weighted by Crippen LogP contribution is -2.20. The van der Waals surface area contributed by atoms with Gasteiger partial charge in [0.25, 0.3) is 0 Å². The Kier molecular flexibility index (Phi) is 3.56. The van der Waals surface area contributed by atoms with E-state index in [0.29, 0.717) is 11.3 Å². The molecule has 15 heavy (non-hydrogen) atoms. The van der Waals surface area contributed by atoms with Crippen LogP contribution in [0, 0.1) is 5.13 Å². The first-order valence-corrected chi connectivity index (χ1v) is 4.73. The fourth-order valence-electron chi connectivity index (χ4n) is 0.847. The molecule has 0 amide bonds. The average Bonchev–Trinajstić information content (AvgIpc) is 2.47. The van der Waals surface area contributed by atoms with Crippen LogP contribution in [-0.2, 0) is 9.53 Å². The molecule has 0 spiro atoms. The van der Waals surface area contributed by atoms with E-state index in [2.05, 4.69) is 14.9 Å². The SMILES string of the molecule is CCOC(=O)/C(=N\O)c1nc(N)sc1F. The number of nitrogen functional groups attached to an aromatic ring is 1. The zero-order valence-corrected chi connectivity index (χ0v) is 8.55. The van der Waals surface area contributed by atoms with Gasteiger partial charge in [-0.1, -0.05) is 16.5 Å². The highest BCUT2D eigenvalue weighted by atomic mass is 32.1. The molecule has 1 aromatic heterocycles. The van der Waals surface area contributed by atoms with E-state index in [0.717, 1.165) is 0 Å². The largest absolute Gasteiger partial charge is 0.461 e. The molecule has 0 saturated heterocycles. The highest BCUT2D eigenvalue weighted by Gasteiger charge is 2.23. The van der Waals surface area contributed by atoms with Crippen molar-refractivity contribution < 1.29 is 19.1 Å². The van der Waals surface area contributed by atoms with Crippen molar-refractivity contribution in [1.82, 2.24) is 4.98 Å². The first-order chi connectivity index (χ1) is 7.10. The summed E-state index contributed by atoms with van der Waals surface area (Å²) >= 11 is 0.549. The smallest absolute Gasteiger partial charge is 0.362 e. The summed E-state index contributed by atoms with van der Waals surface area (Å²) in [7, 11) is 0. The molecule has 0 unspecified atom stereocenters. The lowest BCUT2D eigenvalue weighted by Gasteiger charge is -2.00. The zero-order valence-electron chi connectivity index (χ0n) is 7.73. The Labute approximate surface area is 88.2 Å². The van der Waals surface area contributed by atoms with Crippen LogP contribution in [0.5, 0.6) is 0 Å². The van der Waals surface area contributed by atoms with E-state index in [1.54, 1.807) is 6.92 Å². The van der Waals surface area contributed by atoms with E-state index < -0.39 is 22.5 Å².